The van der Waals surface area contributed by atoms with Crippen molar-refractivity contribution in [1.82, 2.24) is 14.7 Å². The maximum absolute atomic E-state index is 11.9. The highest BCUT2D eigenvalue weighted by Gasteiger charge is 2.23. The second-order valence-electron chi connectivity index (χ2n) is 5.75. The number of hydrogen-bond donors (Lipinski definition) is 0. The van der Waals surface area contributed by atoms with Gasteiger partial charge in [-0.25, -0.2) is 4.79 Å². The zero-order valence-electron chi connectivity index (χ0n) is 12.8. The molecule has 0 unspecified atom stereocenters. The van der Waals surface area contributed by atoms with Crippen LogP contribution in [0, 0.1) is 0 Å². The van der Waals surface area contributed by atoms with Gasteiger partial charge in [0.2, 0.25) is 6.79 Å². The van der Waals surface area contributed by atoms with Gasteiger partial charge >= 0.3 is 6.03 Å². The minimum Gasteiger partial charge on any atom is -0.454 e. The average Bonchev–Trinajstić information content (AvgIpc) is 2.96. The summed E-state index contributed by atoms with van der Waals surface area (Å²) < 4.78 is 10.7. The maximum atomic E-state index is 11.9. The third-order valence-electron chi connectivity index (χ3n) is 3.92. The molecule has 0 aliphatic carbocycles. The van der Waals surface area contributed by atoms with E-state index in [1.807, 2.05) is 17.0 Å². The van der Waals surface area contributed by atoms with Crippen molar-refractivity contribution >= 4 is 17.6 Å². The summed E-state index contributed by atoms with van der Waals surface area (Å²) >= 11 is 6.21. The molecule has 0 N–H and O–H groups in total. The Morgan fingerprint density at radius 2 is 1.95 bits per heavy atom. The normalized spacial score (nSPS) is 17.7. The van der Waals surface area contributed by atoms with Gasteiger partial charge in [0.15, 0.2) is 11.5 Å². The number of nitrogens with zero attached hydrogens (tertiary/aromatic N) is 3. The molecule has 2 aliphatic rings. The van der Waals surface area contributed by atoms with Crippen molar-refractivity contribution < 1.29 is 14.3 Å². The zero-order valence-corrected chi connectivity index (χ0v) is 13.6. The topological polar surface area (TPSA) is 45.3 Å². The van der Waals surface area contributed by atoms with E-state index in [2.05, 4.69) is 4.90 Å². The van der Waals surface area contributed by atoms with E-state index in [4.69, 9.17) is 21.1 Å². The molecule has 2 heterocycles. The van der Waals surface area contributed by atoms with Gasteiger partial charge in [0.25, 0.3) is 0 Å². The molecule has 7 heteroatoms. The van der Waals surface area contributed by atoms with E-state index in [1.54, 1.807) is 19.0 Å². The lowest BCUT2D eigenvalue weighted by molar-refractivity contribution is 0.120. The van der Waals surface area contributed by atoms with Crippen molar-refractivity contribution in [2.75, 3.05) is 47.1 Å². The molecule has 2 aliphatic heterocycles. The Labute approximate surface area is 135 Å². The minimum absolute atomic E-state index is 0.0748. The van der Waals surface area contributed by atoms with Crippen LogP contribution in [0.3, 0.4) is 0 Å². The third-order valence-corrected chi connectivity index (χ3v) is 4.20. The lowest BCUT2D eigenvalue weighted by Gasteiger charge is -2.36. The number of piperazine rings is 1. The Balaban J connectivity index is 1.59. The van der Waals surface area contributed by atoms with Gasteiger partial charge in [-0.3, -0.25) is 4.90 Å². The van der Waals surface area contributed by atoms with Gasteiger partial charge in [0, 0.05) is 46.8 Å². The number of fused-ring (bicyclic) bond motifs is 1. The number of benzene rings is 1. The summed E-state index contributed by atoms with van der Waals surface area (Å²) in [4.78, 5) is 17.7. The van der Waals surface area contributed by atoms with Crippen molar-refractivity contribution in [2.24, 2.45) is 0 Å². The van der Waals surface area contributed by atoms with Gasteiger partial charge in [-0.2, -0.15) is 0 Å². The molecule has 6 nitrogen and oxygen atoms in total. The summed E-state index contributed by atoms with van der Waals surface area (Å²) in [6.07, 6.45) is 0. The first-order valence-electron chi connectivity index (χ1n) is 7.31. The van der Waals surface area contributed by atoms with E-state index in [1.165, 1.54) is 0 Å². The molecule has 3 rings (SSSR count). The molecule has 0 radical (unpaired) electrons. The lowest BCUT2D eigenvalue weighted by Crippen LogP contribution is -2.51. The molecule has 22 heavy (non-hydrogen) atoms. The van der Waals surface area contributed by atoms with Gasteiger partial charge in [-0.1, -0.05) is 11.6 Å². The van der Waals surface area contributed by atoms with E-state index >= 15 is 0 Å². The van der Waals surface area contributed by atoms with Crippen LogP contribution in [0.1, 0.15) is 5.56 Å². The Bertz CT molecular complexity index is 571. The number of rotatable bonds is 2. The summed E-state index contributed by atoms with van der Waals surface area (Å²) in [5.74, 6) is 1.34. The van der Waals surface area contributed by atoms with Crippen LogP contribution in [0.4, 0.5) is 4.79 Å². The van der Waals surface area contributed by atoms with Crippen LogP contribution in [0.2, 0.25) is 5.02 Å². The largest absolute Gasteiger partial charge is 0.454 e. The fraction of sp³-hybridized carbons (Fsp3) is 0.533. The highest BCUT2D eigenvalue weighted by atomic mass is 35.5. The third kappa shape index (κ3) is 3.08. The first kappa shape index (κ1) is 15.2. The van der Waals surface area contributed by atoms with Crippen LogP contribution < -0.4 is 9.47 Å². The second kappa shape index (κ2) is 6.22. The van der Waals surface area contributed by atoms with E-state index in [0.717, 1.165) is 38.3 Å². The smallest absolute Gasteiger partial charge is 0.319 e. The van der Waals surface area contributed by atoms with Crippen LogP contribution in [0.25, 0.3) is 0 Å². The highest BCUT2D eigenvalue weighted by molar-refractivity contribution is 6.32. The van der Waals surface area contributed by atoms with Crippen molar-refractivity contribution in [2.45, 2.75) is 6.54 Å². The molecule has 1 fully saturated rings. The SMILES string of the molecule is CN(C)C(=O)N1CCN(Cc2cc(Cl)c3c(c2)OCO3)CC1. The van der Waals surface area contributed by atoms with Gasteiger partial charge < -0.3 is 19.3 Å². The van der Waals surface area contributed by atoms with E-state index in [0.29, 0.717) is 16.5 Å². The van der Waals surface area contributed by atoms with Crippen molar-refractivity contribution in [1.29, 1.82) is 0 Å². The van der Waals surface area contributed by atoms with Crippen molar-refractivity contribution in [3.63, 3.8) is 0 Å². The highest BCUT2D eigenvalue weighted by Crippen LogP contribution is 2.40. The van der Waals surface area contributed by atoms with Gasteiger partial charge in [0.05, 0.1) is 5.02 Å². The van der Waals surface area contributed by atoms with Gasteiger partial charge in [-0.15, -0.1) is 0 Å². The molecule has 0 spiro atoms. The molecule has 1 aromatic carbocycles. The molecule has 0 saturated carbocycles. The number of ether oxygens (including phenoxy) is 2. The lowest BCUT2D eigenvalue weighted by atomic mass is 10.1. The molecule has 1 saturated heterocycles. The van der Waals surface area contributed by atoms with E-state index < -0.39 is 0 Å². The maximum Gasteiger partial charge on any atom is 0.319 e. The first-order chi connectivity index (χ1) is 10.5. The van der Waals surface area contributed by atoms with Gasteiger partial charge in [-0.05, 0) is 17.7 Å². The van der Waals surface area contributed by atoms with Crippen molar-refractivity contribution in [3.8, 4) is 11.5 Å². The molecule has 0 atom stereocenters. The number of carbonyl (C=O) groups is 1. The number of urea groups is 1. The average molecular weight is 326 g/mol. The number of halogens is 1. The molecule has 0 aromatic heterocycles. The fourth-order valence-electron chi connectivity index (χ4n) is 2.75. The fourth-order valence-corrected chi connectivity index (χ4v) is 3.04. The van der Waals surface area contributed by atoms with Crippen molar-refractivity contribution in [3.05, 3.63) is 22.7 Å². The van der Waals surface area contributed by atoms with Crippen LogP contribution in [-0.4, -0.2) is 67.8 Å². The Kier molecular flexibility index (Phi) is 4.31. The summed E-state index contributed by atoms with van der Waals surface area (Å²) in [5, 5.41) is 0.589. The predicted molar refractivity (Wildman–Crippen MR) is 83.5 cm³/mol. The number of carbonyl (C=O) groups excluding carboxylic acids is 1. The molecular formula is C15H20ClN3O3. The summed E-state index contributed by atoms with van der Waals surface area (Å²) in [6, 6.07) is 3.98. The molecule has 1 aromatic rings. The molecule has 2 amide bonds. The predicted octanol–water partition coefficient (Wildman–Crippen LogP) is 1.87. The molecular weight excluding hydrogens is 306 g/mol. The van der Waals surface area contributed by atoms with Crippen LogP contribution in [0.15, 0.2) is 12.1 Å². The van der Waals surface area contributed by atoms with Crippen LogP contribution in [0.5, 0.6) is 11.5 Å². The summed E-state index contributed by atoms with van der Waals surface area (Å²) in [7, 11) is 3.56. The van der Waals surface area contributed by atoms with E-state index in [-0.39, 0.29) is 12.8 Å². The van der Waals surface area contributed by atoms with Crippen LogP contribution in [-0.2, 0) is 6.54 Å². The summed E-state index contributed by atoms with van der Waals surface area (Å²) in [5.41, 5.74) is 1.10. The minimum atomic E-state index is 0.0748. The standard InChI is InChI=1S/C15H20ClN3O3/c1-17(2)15(20)19-5-3-18(4-6-19)9-11-7-12(16)14-13(8-11)21-10-22-14/h7-8H,3-6,9-10H2,1-2H3. The van der Waals surface area contributed by atoms with E-state index in [9.17, 15) is 4.79 Å². The quantitative estimate of drug-likeness (QED) is 0.832. The Morgan fingerprint density at radius 3 is 2.64 bits per heavy atom. The van der Waals surface area contributed by atoms with Crippen LogP contribution >= 0.6 is 11.6 Å². The Hall–Kier alpha value is -1.66. The zero-order chi connectivity index (χ0) is 15.7. The monoisotopic (exact) mass is 325 g/mol. The Morgan fingerprint density at radius 1 is 1.23 bits per heavy atom. The molecule has 0 bridgehead atoms. The summed E-state index contributed by atoms with van der Waals surface area (Å²) in [6.45, 7) is 4.21. The number of hydrogen-bond acceptors (Lipinski definition) is 4. The molecule has 120 valence electrons. The number of amides is 2. The first-order valence-corrected chi connectivity index (χ1v) is 7.69. The van der Waals surface area contributed by atoms with Gasteiger partial charge in [0.1, 0.15) is 0 Å². The second-order valence-corrected chi connectivity index (χ2v) is 6.16.